The van der Waals surface area contributed by atoms with Crippen LogP contribution >= 0.6 is 0 Å². The van der Waals surface area contributed by atoms with Crippen LogP contribution in [0.4, 0.5) is 18.9 Å². The summed E-state index contributed by atoms with van der Waals surface area (Å²) in [4.78, 5) is 29.2. The predicted octanol–water partition coefficient (Wildman–Crippen LogP) is 2.40. The van der Waals surface area contributed by atoms with Gasteiger partial charge in [-0.05, 0) is 38.0 Å². The Hall–Kier alpha value is -3.55. The first-order valence-electron chi connectivity index (χ1n) is 10.7. The summed E-state index contributed by atoms with van der Waals surface area (Å²) in [6, 6.07) is 4.26. The van der Waals surface area contributed by atoms with Gasteiger partial charge >= 0.3 is 6.18 Å². The Bertz CT molecular complexity index is 1100. The van der Waals surface area contributed by atoms with Crippen LogP contribution in [0.5, 0.6) is 0 Å². The minimum Gasteiger partial charge on any atom is -0.367 e. The number of rotatable bonds is 5. The summed E-state index contributed by atoms with van der Waals surface area (Å²) >= 11 is 0. The number of carbonyl (C=O) groups excluding carboxylic acids is 2. The molecular weight excluding hydrogens is 437 g/mol. The lowest BCUT2D eigenvalue weighted by molar-refractivity contribution is -0.137. The fourth-order valence-electron chi connectivity index (χ4n) is 3.88. The second-order valence-electron chi connectivity index (χ2n) is 8.17. The fourth-order valence-corrected chi connectivity index (χ4v) is 3.88. The molecule has 1 aromatic carbocycles. The number of aromatic nitrogens is 2. The number of amides is 2. The molecule has 1 saturated heterocycles. The Morgan fingerprint density at radius 2 is 2.03 bits per heavy atom. The topological polar surface area (TPSA) is 94.3 Å². The van der Waals surface area contributed by atoms with Crippen molar-refractivity contribution in [3.05, 3.63) is 47.3 Å². The Balaban J connectivity index is 1.61. The van der Waals surface area contributed by atoms with E-state index in [1.807, 2.05) is 6.92 Å². The van der Waals surface area contributed by atoms with Crippen LogP contribution in [-0.4, -0.2) is 58.2 Å². The van der Waals surface area contributed by atoms with Gasteiger partial charge in [-0.3, -0.25) is 14.3 Å². The molecule has 1 unspecified atom stereocenters. The second kappa shape index (κ2) is 8.77. The van der Waals surface area contributed by atoms with Gasteiger partial charge in [-0.25, -0.2) is 0 Å². The van der Waals surface area contributed by atoms with Crippen molar-refractivity contribution in [1.82, 2.24) is 20.0 Å². The number of nitrogens with zero attached hydrogens (tertiary/aromatic N) is 5. The van der Waals surface area contributed by atoms with Gasteiger partial charge in [0.25, 0.3) is 5.91 Å². The molecule has 2 fully saturated rings. The molecule has 11 heteroatoms. The maximum atomic E-state index is 13.4. The molecule has 8 nitrogen and oxygen atoms in total. The van der Waals surface area contributed by atoms with Gasteiger partial charge in [0.2, 0.25) is 5.91 Å². The molecular formula is C22H23F3N6O2. The van der Waals surface area contributed by atoms with E-state index in [9.17, 15) is 22.8 Å². The molecule has 1 atom stereocenters. The molecule has 2 aromatic rings. The van der Waals surface area contributed by atoms with Crippen molar-refractivity contribution in [2.75, 3.05) is 24.5 Å². The molecule has 2 aliphatic rings. The molecule has 1 aliphatic heterocycles. The lowest BCUT2D eigenvalue weighted by Gasteiger charge is -2.41. The first kappa shape index (κ1) is 22.6. The number of nitrogens with one attached hydrogen (secondary N) is 1. The number of aryl methyl sites for hydroxylation is 1. The van der Waals surface area contributed by atoms with E-state index in [0.29, 0.717) is 12.1 Å². The van der Waals surface area contributed by atoms with Crippen molar-refractivity contribution in [1.29, 1.82) is 5.26 Å². The molecule has 2 amide bonds. The first-order chi connectivity index (χ1) is 15.7. The summed E-state index contributed by atoms with van der Waals surface area (Å²) in [6.07, 6.45) is 0.111. The number of piperazine rings is 1. The number of hydrogen-bond acceptors (Lipinski definition) is 5. The van der Waals surface area contributed by atoms with Crippen molar-refractivity contribution in [2.24, 2.45) is 0 Å². The van der Waals surface area contributed by atoms with Crippen molar-refractivity contribution in [3.8, 4) is 6.07 Å². The van der Waals surface area contributed by atoms with Gasteiger partial charge in [-0.15, -0.1) is 0 Å². The SMILES string of the molecule is CCn1cc(C(=O)N2CCN(c3ccc(C#N)c(C(F)(F)F)c3)CC2C(=O)NC2CC2)cn1. The standard InChI is InChI=1S/C22H23F3N6O2/c1-2-30-12-15(11-27-30)21(33)31-8-7-29(13-19(31)20(32)28-16-4-5-16)17-6-3-14(10-26)18(9-17)22(23,24)25/h3,6,9,11-12,16,19H,2,4-5,7-8,13H2,1H3,(H,28,32). The Labute approximate surface area is 188 Å². The van der Waals surface area contributed by atoms with Crippen LogP contribution in [0.2, 0.25) is 0 Å². The second-order valence-corrected chi connectivity index (χ2v) is 8.17. The third-order valence-electron chi connectivity index (χ3n) is 5.87. The third kappa shape index (κ3) is 4.79. The molecule has 1 aromatic heterocycles. The maximum absolute atomic E-state index is 13.4. The van der Waals surface area contributed by atoms with E-state index in [1.165, 1.54) is 17.2 Å². The molecule has 0 radical (unpaired) electrons. The van der Waals surface area contributed by atoms with Crippen molar-refractivity contribution in [2.45, 2.75) is 44.6 Å². The van der Waals surface area contributed by atoms with Crippen molar-refractivity contribution >= 4 is 17.5 Å². The van der Waals surface area contributed by atoms with Crippen LogP contribution in [0, 0.1) is 11.3 Å². The van der Waals surface area contributed by atoms with Crippen molar-refractivity contribution in [3.63, 3.8) is 0 Å². The lowest BCUT2D eigenvalue weighted by atomic mass is 10.0. The molecule has 174 valence electrons. The van der Waals surface area contributed by atoms with Crippen LogP contribution in [0.1, 0.15) is 41.3 Å². The van der Waals surface area contributed by atoms with E-state index in [4.69, 9.17) is 5.26 Å². The van der Waals surface area contributed by atoms with Crippen LogP contribution in [0.25, 0.3) is 0 Å². The number of benzene rings is 1. The summed E-state index contributed by atoms with van der Waals surface area (Å²) in [6.45, 7) is 2.91. The number of hydrogen-bond donors (Lipinski definition) is 1. The normalized spacial score (nSPS) is 18.7. The zero-order valence-electron chi connectivity index (χ0n) is 18.0. The summed E-state index contributed by atoms with van der Waals surface area (Å²) in [5.74, 6) is -0.677. The third-order valence-corrected chi connectivity index (χ3v) is 5.87. The highest BCUT2D eigenvalue weighted by Crippen LogP contribution is 2.35. The van der Waals surface area contributed by atoms with Crippen LogP contribution in [0.3, 0.4) is 0 Å². The molecule has 2 heterocycles. The van der Waals surface area contributed by atoms with E-state index < -0.39 is 23.3 Å². The number of carbonyl (C=O) groups is 2. The monoisotopic (exact) mass is 460 g/mol. The highest BCUT2D eigenvalue weighted by atomic mass is 19.4. The van der Waals surface area contributed by atoms with E-state index in [2.05, 4.69) is 10.4 Å². The fraction of sp³-hybridized carbons (Fsp3) is 0.455. The summed E-state index contributed by atoms with van der Waals surface area (Å²) in [5.41, 5.74) is -0.883. The highest BCUT2D eigenvalue weighted by Gasteiger charge is 2.39. The average molecular weight is 460 g/mol. The Kier molecular flexibility index (Phi) is 6.01. The Morgan fingerprint density at radius 3 is 2.64 bits per heavy atom. The van der Waals surface area contributed by atoms with Crippen molar-refractivity contribution < 1.29 is 22.8 Å². The molecule has 0 spiro atoms. The smallest absolute Gasteiger partial charge is 0.367 e. The quantitative estimate of drug-likeness (QED) is 0.740. The summed E-state index contributed by atoms with van der Waals surface area (Å²) < 4.78 is 41.9. The van der Waals surface area contributed by atoms with Gasteiger partial charge < -0.3 is 15.1 Å². The van der Waals surface area contributed by atoms with E-state index in [-0.39, 0.29) is 43.2 Å². The van der Waals surface area contributed by atoms with Crippen LogP contribution in [0.15, 0.2) is 30.6 Å². The van der Waals surface area contributed by atoms with Crippen LogP contribution < -0.4 is 10.2 Å². The van der Waals surface area contributed by atoms with Gasteiger partial charge in [0.1, 0.15) is 6.04 Å². The van der Waals surface area contributed by atoms with Gasteiger partial charge in [0, 0.05) is 44.1 Å². The van der Waals surface area contributed by atoms with Gasteiger partial charge in [0.05, 0.1) is 29.0 Å². The lowest BCUT2D eigenvalue weighted by Crippen LogP contribution is -2.61. The van der Waals surface area contributed by atoms with E-state index >= 15 is 0 Å². The first-order valence-corrected chi connectivity index (χ1v) is 10.7. The predicted molar refractivity (Wildman–Crippen MR) is 112 cm³/mol. The molecule has 4 rings (SSSR count). The van der Waals surface area contributed by atoms with Crippen LogP contribution in [-0.2, 0) is 17.5 Å². The number of halogens is 3. The number of alkyl halides is 3. The zero-order chi connectivity index (χ0) is 23.8. The minimum atomic E-state index is -4.68. The minimum absolute atomic E-state index is 0.0371. The average Bonchev–Trinajstić information content (AvgIpc) is 3.49. The largest absolute Gasteiger partial charge is 0.417 e. The van der Waals surface area contributed by atoms with E-state index in [1.54, 1.807) is 21.8 Å². The number of anilines is 1. The molecule has 33 heavy (non-hydrogen) atoms. The maximum Gasteiger partial charge on any atom is 0.417 e. The molecule has 1 aliphatic carbocycles. The summed E-state index contributed by atoms with van der Waals surface area (Å²) in [5, 5.41) is 16.1. The highest BCUT2D eigenvalue weighted by molar-refractivity contribution is 5.97. The number of nitriles is 1. The molecule has 1 N–H and O–H groups in total. The van der Waals surface area contributed by atoms with Gasteiger partial charge in [-0.1, -0.05) is 0 Å². The summed E-state index contributed by atoms with van der Waals surface area (Å²) in [7, 11) is 0. The molecule has 1 saturated carbocycles. The Morgan fingerprint density at radius 1 is 1.27 bits per heavy atom. The van der Waals surface area contributed by atoms with E-state index in [0.717, 1.165) is 25.0 Å². The van der Waals surface area contributed by atoms with Gasteiger partial charge in [-0.2, -0.15) is 23.5 Å². The zero-order valence-corrected chi connectivity index (χ0v) is 18.0. The van der Waals surface area contributed by atoms with Gasteiger partial charge in [0.15, 0.2) is 0 Å². The molecule has 0 bridgehead atoms.